The number of amides is 1. The van der Waals surface area contributed by atoms with Gasteiger partial charge in [-0.25, -0.2) is 4.79 Å². The number of thiophene rings is 1. The maximum absolute atomic E-state index is 13.2. The second kappa shape index (κ2) is 10.1. The maximum Gasteiger partial charge on any atom is 0.355 e. The first-order valence-corrected chi connectivity index (χ1v) is 12.2. The van der Waals surface area contributed by atoms with E-state index in [1.165, 1.54) is 11.3 Å². The Hall–Kier alpha value is -2.95. The zero-order valence-electron chi connectivity index (χ0n) is 19.6. The Morgan fingerprint density at radius 1 is 1.26 bits per heavy atom. The number of carbonyl (C=O) groups excluding carboxylic acids is 3. The van der Waals surface area contributed by atoms with Crippen LogP contribution >= 0.6 is 11.3 Å². The van der Waals surface area contributed by atoms with Crippen LogP contribution in [0.5, 0.6) is 0 Å². The summed E-state index contributed by atoms with van der Waals surface area (Å²) in [6.07, 6.45) is 0. The number of aliphatic hydroxyl groups excluding tert-OH is 1. The lowest BCUT2D eigenvalue weighted by atomic mass is 9.97. The number of likely N-dealkylation sites (tertiary alicyclic amines) is 1. The topological polar surface area (TPSA) is 112 Å². The molecule has 182 valence electrons. The number of Topliss-reactive ketones (excluding diaryl/α,β-unsaturated/α-hetero) is 1. The molecule has 0 bridgehead atoms. The van der Waals surface area contributed by atoms with Crippen LogP contribution < -0.4 is 0 Å². The summed E-state index contributed by atoms with van der Waals surface area (Å²) in [5.41, 5.74) is 1.58. The molecule has 0 radical (unpaired) electrons. The molecule has 2 fully saturated rings. The van der Waals surface area contributed by atoms with Crippen LogP contribution in [-0.4, -0.2) is 83.5 Å². The number of H-pyrrole nitrogens is 1. The summed E-state index contributed by atoms with van der Waals surface area (Å²) in [6, 6.07) is 3.02. The van der Waals surface area contributed by atoms with Crippen LogP contribution in [-0.2, 0) is 19.1 Å². The molecule has 4 heterocycles. The van der Waals surface area contributed by atoms with Gasteiger partial charge in [-0.3, -0.25) is 14.5 Å². The summed E-state index contributed by atoms with van der Waals surface area (Å²) >= 11 is 1.42. The molecule has 0 aromatic carbocycles. The van der Waals surface area contributed by atoms with Crippen LogP contribution in [0.25, 0.3) is 5.76 Å². The first kappa shape index (κ1) is 24.2. The average molecular weight is 488 g/mol. The van der Waals surface area contributed by atoms with Crippen LogP contribution in [0, 0.1) is 13.8 Å². The van der Waals surface area contributed by atoms with Gasteiger partial charge < -0.3 is 24.5 Å². The van der Waals surface area contributed by atoms with Gasteiger partial charge in [0.1, 0.15) is 11.5 Å². The molecule has 1 atom stereocenters. The summed E-state index contributed by atoms with van der Waals surface area (Å²) < 4.78 is 10.5. The fraction of sp³-hybridized carbons (Fsp3) is 0.458. The van der Waals surface area contributed by atoms with Gasteiger partial charge in [0.15, 0.2) is 0 Å². The summed E-state index contributed by atoms with van der Waals surface area (Å²) in [7, 11) is 0. The van der Waals surface area contributed by atoms with Crippen molar-refractivity contribution in [1.29, 1.82) is 0 Å². The highest BCUT2D eigenvalue weighted by molar-refractivity contribution is 7.10. The van der Waals surface area contributed by atoms with Crippen LogP contribution in [0.1, 0.15) is 45.2 Å². The van der Waals surface area contributed by atoms with Gasteiger partial charge in [0.2, 0.25) is 0 Å². The van der Waals surface area contributed by atoms with E-state index < -0.39 is 23.7 Å². The molecule has 34 heavy (non-hydrogen) atoms. The minimum atomic E-state index is -0.726. The molecule has 2 aliphatic rings. The van der Waals surface area contributed by atoms with Gasteiger partial charge in [-0.15, -0.1) is 11.3 Å². The Balaban J connectivity index is 1.74. The molecular formula is C24H29N3O6S. The van der Waals surface area contributed by atoms with E-state index in [1.54, 1.807) is 25.7 Å². The SMILES string of the molecule is CCOC(=O)c1[nH]c(C)c(C(O)=C2C(=O)C(=O)N(CCN3CCOCC3)[C@H]2c2cccs2)c1C. The van der Waals surface area contributed by atoms with Crippen LogP contribution in [0.2, 0.25) is 0 Å². The van der Waals surface area contributed by atoms with Crippen LogP contribution in [0.3, 0.4) is 0 Å². The highest BCUT2D eigenvalue weighted by atomic mass is 32.1. The van der Waals surface area contributed by atoms with Gasteiger partial charge in [-0.1, -0.05) is 6.07 Å². The Morgan fingerprint density at radius 3 is 2.65 bits per heavy atom. The lowest BCUT2D eigenvalue weighted by Gasteiger charge is -2.30. The number of carbonyl (C=O) groups is 3. The highest BCUT2D eigenvalue weighted by Gasteiger charge is 2.47. The molecule has 9 nitrogen and oxygen atoms in total. The average Bonchev–Trinajstić information content (AvgIpc) is 3.51. The monoisotopic (exact) mass is 487 g/mol. The number of aliphatic hydroxyl groups is 1. The predicted molar refractivity (Wildman–Crippen MR) is 127 cm³/mol. The summed E-state index contributed by atoms with van der Waals surface area (Å²) in [5, 5.41) is 13.3. The Kier molecular flexibility index (Phi) is 7.20. The quantitative estimate of drug-likeness (QED) is 0.267. The lowest BCUT2D eigenvalue weighted by molar-refractivity contribution is -0.140. The Bertz CT molecular complexity index is 1110. The number of morpholine rings is 1. The number of nitrogens with zero attached hydrogens (tertiary/aromatic N) is 2. The van der Waals surface area contributed by atoms with Gasteiger partial charge >= 0.3 is 5.97 Å². The van der Waals surface area contributed by atoms with Crippen molar-refractivity contribution >= 4 is 34.8 Å². The molecule has 0 aliphatic carbocycles. The van der Waals surface area contributed by atoms with E-state index in [9.17, 15) is 19.5 Å². The first-order chi connectivity index (χ1) is 16.3. The number of hydrogen-bond acceptors (Lipinski definition) is 8. The molecular weight excluding hydrogens is 458 g/mol. The van der Waals surface area contributed by atoms with Crippen molar-refractivity contribution < 1.29 is 29.0 Å². The molecule has 0 unspecified atom stereocenters. The molecule has 0 spiro atoms. The number of nitrogens with one attached hydrogen (secondary N) is 1. The number of rotatable bonds is 7. The third-order valence-corrected chi connectivity index (χ3v) is 7.19. The van der Waals surface area contributed by atoms with Gasteiger partial charge in [0, 0.05) is 42.3 Å². The van der Waals surface area contributed by atoms with Crippen molar-refractivity contribution in [2.24, 2.45) is 0 Å². The smallest absolute Gasteiger partial charge is 0.355 e. The van der Waals surface area contributed by atoms with Gasteiger partial charge in [0.05, 0.1) is 31.4 Å². The molecule has 2 N–H and O–H groups in total. The van der Waals surface area contributed by atoms with E-state index in [1.807, 2.05) is 17.5 Å². The first-order valence-electron chi connectivity index (χ1n) is 11.3. The third kappa shape index (κ3) is 4.40. The van der Waals surface area contributed by atoms with Crippen molar-refractivity contribution in [3.63, 3.8) is 0 Å². The van der Waals surface area contributed by atoms with E-state index in [0.717, 1.165) is 18.0 Å². The Labute approximate surface area is 202 Å². The number of aromatic nitrogens is 1. The number of aromatic amines is 1. The molecule has 4 rings (SSSR count). The maximum atomic E-state index is 13.2. The second-order valence-corrected chi connectivity index (χ2v) is 9.29. The molecule has 2 saturated heterocycles. The minimum Gasteiger partial charge on any atom is -0.507 e. The highest BCUT2D eigenvalue weighted by Crippen LogP contribution is 2.42. The normalized spacial score (nSPS) is 20.8. The van der Waals surface area contributed by atoms with E-state index in [-0.39, 0.29) is 23.6 Å². The van der Waals surface area contributed by atoms with Crippen molar-refractivity contribution in [2.45, 2.75) is 26.8 Å². The fourth-order valence-corrected chi connectivity index (χ4v) is 5.42. The zero-order valence-corrected chi connectivity index (χ0v) is 20.4. The molecule has 0 saturated carbocycles. The number of ketones is 1. The van der Waals surface area contributed by atoms with Crippen LogP contribution in [0.4, 0.5) is 0 Å². The molecule has 10 heteroatoms. The molecule has 2 aromatic rings. The van der Waals surface area contributed by atoms with Gasteiger partial charge in [-0.2, -0.15) is 0 Å². The molecule has 1 amide bonds. The van der Waals surface area contributed by atoms with Gasteiger partial charge in [-0.05, 0) is 37.8 Å². The zero-order chi connectivity index (χ0) is 24.4. The summed E-state index contributed by atoms with van der Waals surface area (Å²) in [5.74, 6) is -2.18. The minimum absolute atomic E-state index is 0.0371. The van der Waals surface area contributed by atoms with E-state index in [0.29, 0.717) is 43.1 Å². The van der Waals surface area contributed by atoms with E-state index >= 15 is 0 Å². The van der Waals surface area contributed by atoms with Crippen molar-refractivity contribution in [2.75, 3.05) is 46.0 Å². The number of aryl methyl sites for hydroxylation is 1. The molecule has 2 aliphatic heterocycles. The predicted octanol–water partition coefficient (Wildman–Crippen LogP) is 2.62. The van der Waals surface area contributed by atoms with E-state index in [2.05, 4.69) is 9.88 Å². The number of esters is 1. The fourth-order valence-electron chi connectivity index (χ4n) is 4.57. The van der Waals surface area contributed by atoms with E-state index in [4.69, 9.17) is 9.47 Å². The largest absolute Gasteiger partial charge is 0.507 e. The number of hydrogen-bond donors (Lipinski definition) is 2. The number of ether oxygens (including phenoxy) is 2. The van der Waals surface area contributed by atoms with Crippen molar-refractivity contribution in [1.82, 2.24) is 14.8 Å². The van der Waals surface area contributed by atoms with Crippen molar-refractivity contribution in [3.05, 3.63) is 50.5 Å². The lowest BCUT2D eigenvalue weighted by Crippen LogP contribution is -2.42. The summed E-state index contributed by atoms with van der Waals surface area (Å²) in [4.78, 5) is 46.1. The van der Waals surface area contributed by atoms with Crippen molar-refractivity contribution in [3.8, 4) is 0 Å². The second-order valence-electron chi connectivity index (χ2n) is 8.31. The van der Waals surface area contributed by atoms with Crippen LogP contribution in [0.15, 0.2) is 23.1 Å². The third-order valence-electron chi connectivity index (χ3n) is 6.27. The molecule has 2 aromatic heterocycles. The Morgan fingerprint density at radius 2 is 2.00 bits per heavy atom. The standard InChI is InChI=1S/C24H29N3O6S/c1-4-33-24(31)19-14(2)17(15(3)25-19)21(28)18-20(16-6-5-13-34-16)27(23(30)22(18)29)8-7-26-9-11-32-12-10-26/h5-6,13,20,25,28H,4,7-12H2,1-3H3/t20-/m0/s1. The summed E-state index contributed by atoms with van der Waals surface area (Å²) in [6.45, 7) is 9.09. The van der Waals surface area contributed by atoms with Gasteiger partial charge in [0.25, 0.3) is 11.7 Å².